The van der Waals surface area contributed by atoms with E-state index in [1.807, 2.05) is 0 Å². The average molecular weight is 895 g/mol. The van der Waals surface area contributed by atoms with E-state index in [1.165, 1.54) is 4.70 Å². The molecular weight excluding hydrogens is 861 g/mol. The first kappa shape index (κ1) is 37.8. The highest BCUT2D eigenvalue weighted by atomic mass is 32.1. The van der Waals surface area contributed by atoms with E-state index in [-0.39, 0.29) is 5.69 Å². The van der Waals surface area contributed by atoms with Crippen LogP contribution in [0.15, 0.2) is 206 Å². The van der Waals surface area contributed by atoms with Crippen LogP contribution in [-0.4, -0.2) is 18.3 Å². The lowest BCUT2D eigenvalue weighted by atomic mass is 10.0. The molecule has 0 aliphatic carbocycles. The van der Waals surface area contributed by atoms with Crippen LogP contribution in [0.5, 0.6) is 0 Å². The SMILES string of the molecule is [C-]#[N+]c1c(C#N)c(-n2c3ccccc3c3ccc4sc5ccccc5c4c32)c(-n2c3ccccc3c3ccccc32)c(-n2c3ccccc3c3ccccc32)c1-n1c2ccccc2c2ccccc21. The number of para-hydroxylation sites is 7. The summed E-state index contributed by atoms with van der Waals surface area (Å²) in [6.45, 7) is 9.50. The molecule has 0 aliphatic rings. The number of nitriles is 1. The van der Waals surface area contributed by atoms with Gasteiger partial charge in [-0.3, -0.25) is 0 Å². The molecule has 5 heterocycles. The van der Waals surface area contributed by atoms with Gasteiger partial charge in [0.05, 0.1) is 85.1 Å². The first-order chi connectivity index (χ1) is 34.2. The lowest BCUT2D eigenvalue weighted by Crippen LogP contribution is -2.15. The van der Waals surface area contributed by atoms with Crippen LogP contribution >= 0.6 is 11.3 Å². The summed E-state index contributed by atoms with van der Waals surface area (Å²) in [7, 11) is 0. The fraction of sp³-hybridized carbons (Fsp3) is 0. The Morgan fingerprint density at radius 2 is 0.696 bits per heavy atom. The third kappa shape index (κ3) is 4.91. The predicted octanol–water partition coefficient (Wildman–Crippen LogP) is 16.9. The zero-order valence-corrected chi connectivity index (χ0v) is 37.5. The maximum atomic E-state index is 12.3. The van der Waals surface area contributed by atoms with Gasteiger partial charge in [-0.1, -0.05) is 152 Å². The van der Waals surface area contributed by atoms with Gasteiger partial charge in [0.15, 0.2) is 0 Å². The summed E-state index contributed by atoms with van der Waals surface area (Å²) >= 11 is 1.78. The van der Waals surface area contributed by atoms with Crippen molar-refractivity contribution in [3.63, 3.8) is 0 Å². The Morgan fingerprint density at radius 3 is 1.12 bits per heavy atom. The third-order valence-corrected chi connectivity index (χ3v) is 15.5. The van der Waals surface area contributed by atoms with Crippen molar-refractivity contribution in [1.29, 1.82) is 5.26 Å². The number of fused-ring (bicyclic) bond motifs is 16. The topological polar surface area (TPSA) is 47.9 Å². The van der Waals surface area contributed by atoms with Crippen LogP contribution in [0.2, 0.25) is 0 Å². The summed E-state index contributed by atoms with van der Waals surface area (Å²) in [6.07, 6.45) is 0. The van der Waals surface area contributed by atoms with Gasteiger partial charge in [0, 0.05) is 63.3 Å². The Bertz CT molecular complexity index is 4660. The van der Waals surface area contributed by atoms with E-state index in [2.05, 4.69) is 235 Å². The fourth-order valence-corrected chi connectivity index (χ4v) is 12.8. The molecular formula is C62H34N6S. The summed E-state index contributed by atoms with van der Waals surface area (Å²) in [6, 6.07) is 75.7. The van der Waals surface area contributed by atoms with E-state index < -0.39 is 0 Å². The molecule has 0 amide bonds. The first-order valence-electron chi connectivity index (χ1n) is 23.0. The van der Waals surface area contributed by atoms with Gasteiger partial charge in [-0.2, -0.15) is 5.26 Å². The van der Waals surface area contributed by atoms with Crippen molar-refractivity contribution in [1.82, 2.24) is 18.3 Å². The molecule has 0 saturated heterocycles. The molecule has 6 nitrogen and oxygen atoms in total. The highest BCUT2D eigenvalue weighted by molar-refractivity contribution is 7.26. The van der Waals surface area contributed by atoms with Crippen molar-refractivity contribution < 1.29 is 0 Å². The highest BCUT2D eigenvalue weighted by Crippen LogP contribution is 2.53. The molecule has 0 unspecified atom stereocenters. The molecule has 69 heavy (non-hydrogen) atoms. The Morgan fingerprint density at radius 1 is 0.348 bits per heavy atom. The molecule has 5 aromatic heterocycles. The quantitative estimate of drug-likeness (QED) is 0.162. The van der Waals surface area contributed by atoms with Crippen LogP contribution in [-0.2, 0) is 0 Å². The van der Waals surface area contributed by atoms with Gasteiger partial charge in [-0.15, -0.1) is 11.3 Å². The smallest absolute Gasteiger partial charge is 0.232 e. The minimum absolute atomic E-state index is 0.272. The van der Waals surface area contributed by atoms with Crippen molar-refractivity contribution in [3.8, 4) is 28.8 Å². The number of thiophene rings is 1. The van der Waals surface area contributed by atoms with Gasteiger partial charge in [-0.05, 0) is 54.6 Å². The molecule has 10 aromatic carbocycles. The average Bonchev–Trinajstić information content (AvgIpc) is 4.21. The largest absolute Gasteiger partial charge is 0.317 e. The first-order valence-corrected chi connectivity index (χ1v) is 23.9. The van der Waals surface area contributed by atoms with Gasteiger partial charge in [0.1, 0.15) is 0 Å². The van der Waals surface area contributed by atoms with Crippen LogP contribution in [0.3, 0.4) is 0 Å². The van der Waals surface area contributed by atoms with E-state index >= 15 is 0 Å². The summed E-state index contributed by atoms with van der Waals surface area (Å²) in [5, 5.41) is 23.2. The van der Waals surface area contributed by atoms with E-state index in [9.17, 15) is 11.8 Å². The molecule has 0 atom stereocenters. The molecule has 15 aromatic rings. The van der Waals surface area contributed by atoms with Gasteiger partial charge in [0.25, 0.3) is 0 Å². The van der Waals surface area contributed by atoms with Crippen molar-refractivity contribution in [2.24, 2.45) is 0 Å². The summed E-state index contributed by atoms with van der Waals surface area (Å²) in [5.41, 5.74) is 11.2. The van der Waals surface area contributed by atoms with E-state index in [1.54, 1.807) is 11.3 Å². The number of benzene rings is 10. The molecule has 0 bridgehead atoms. The standard InChI is InChI=1S/C62H34N6S/c1-64-57-46(36-63)59(68-53-32-16-8-24-43(53)44-34-35-55-56(58(44)68)45-25-9-17-33-54(45)69-55)61(66-49-28-12-4-20-39(49)40-21-5-13-29-50(40)66)62(67-51-30-14-6-22-41(51)42-23-7-15-31-52(42)67)60(57)65-47-26-10-2-18-37(47)38-19-3-11-27-48(38)65/h2-35H. The second-order valence-corrected chi connectivity index (χ2v) is 18.8. The Hall–Kier alpha value is -9.40. The Balaban J connectivity index is 1.32. The van der Waals surface area contributed by atoms with E-state index in [0.717, 1.165) is 114 Å². The van der Waals surface area contributed by atoms with Crippen LogP contribution < -0.4 is 0 Å². The van der Waals surface area contributed by atoms with Crippen molar-refractivity contribution in [2.75, 3.05) is 0 Å². The van der Waals surface area contributed by atoms with Gasteiger partial charge >= 0.3 is 0 Å². The van der Waals surface area contributed by atoms with Crippen LogP contribution in [0.1, 0.15) is 5.56 Å². The van der Waals surface area contributed by atoms with Crippen LogP contribution in [0.25, 0.3) is 135 Å². The maximum absolute atomic E-state index is 12.3. The van der Waals surface area contributed by atoms with Crippen molar-refractivity contribution in [3.05, 3.63) is 223 Å². The Labute approximate surface area is 398 Å². The monoisotopic (exact) mass is 894 g/mol. The molecule has 0 N–H and O–H groups in total. The van der Waals surface area contributed by atoms with Crippen LogP contribution in [0, 0.1) is 17.9 Å². The summed E-state index contributed by atoms with van der Waals surface area (Å²) < 4.78 is 11.7. The lowest BCUT2D eigenvalue weighted by Gasteiger charge is -2.28. The summed E-state index contributed by atoms with van der Waals surface area (Å²) in [5.74, 6) is 0. The zero-order chi connectivity index (χ0) is 45.5. The molecule has 7 heteroatoms. The molecule has 0 spiro atoms. The molecule has 318 valence electrons. The molecule has 0 radical (unpaired) electrons. The van der Waals surface area contributed by atoms with Crippen LogP contribution in [0.4, 0.5) is 5.69 Å². The van der Waals surface area contributed by atoms with Gasteiger partial charge < -0.3 is 18.3 Å². The number of aromatic nitrogens is 4. The van der Waals surface area contributed by atoms with Crippen molar-refractivity contribution >= 4 is 124 Å². The molecule has 0 saturated carbocycles. The number of hydrogen-bond acceptors (Lipinski definition) is 2. The highest BCUT2D eigenvalue weighted by Gasteiger charge is 2.35. The normalized spacial score (nSPS) is 12.0. The number of rotatable bonds is 4. The minimum Gasteiger partial charge on any atom is -0.317 e. The van der Waals surface area contributed by atoms with Gasteiger partial charge in [-0.25, -0.2) is 4.85 Å². The molecule has 0 fully saturated rings. The van der Waals surface area contributed by atoms with E-state index in [4.69, 9.17) is 0 Å². The number of hydrogen-bond donors (Lipinski definition) is 0. The van der Waals surface area contributed by atoms with E-state index in [0.29, 0.717) is 16.9 Å². The second-order valence-electron chi connectivity index (χ2n) is 17.7. The zero-order valence-electron chi connectivity index (χ0n) is 36.7. The number of nitrogens with zero attached hydrogens (tertiary/aromatic N) is 6. The summed E-state index contributed by atoms with van der Waals surface area (Å²) in [4.78, 5) is 4.59. The predicted molar refractivity (Wildman–Crippen MR) is 288 cm³/mol. The fourth-order valence-electron chi connectivity index (χ4n) is 11.7. The lowest BCUT2D eigenvalue weighted by molar-refractivity contribution is 1.02. The maximum Gasteiger partial charge on any atom is 0.232 e. The Kier molecular flexibility index (Phi) is 7.70. The molecule has 15 rings (SSSR count). The molecule has 0 aliphatic heterocycles. The second kappa shape index (κ2) is 14.1. The third-order valence-electron chi connectivity index (χ3n) is 14.4. The van der Waals surface area contributed by atoms with Crippen molar-refractivity contribution in [2.45, 2.75) is 0 Å². The van der Waals surface area contributed by atoms with Gasteiger partial charge in [0.2, 0.25) is 5.69 Å². The minimum atomic E-state index is 0.272.